The van der Waals surface area contributed by atoms with E-state index in [4.69, 9.17) is 11.5 Å². The molecule has 3 atom stereocenters. The van der Waals surface area contributed by atoms with Crippen molar-refractivity contribution < 1.29 is 14.0 Å². The van der Waals surface area contributed by atoms with E-state index in [-0.39, 0.29) is 42.7 Å². The van der Waals surface area contributed by atoms with Crippen LogP contribution in [0, 0.1) is 0 Å². The standard InChI is InChI=1S/C22H26FN5O2/c1-2-18(29)27-11-16(23)10-17(27)12-28-21(24)19(22(25)30)20(26-28)15-8-7-13-5-3-4-6-14(13)9-15/h2-6,15-17H,1,7-12,24H2,(H2,25,30)/t15-,16-,17+/m1/s1. The molecule has 1 saturated heterocycles. The number of alkyl halides is 1. The molecule has 0 radical (unpaired) electrons. The molecule has 0 bridgehead atoms. The van der Waals surface area contributed by atoms with Crippen molar-refractivity contribution in [3.63, 3.8) is 0 Å². The monoisotopic (exact) mass is 411 g/mol. The van der Waals surface area contributed by atoms with Crippen LogP contribution in [0.2, 0.25) is 0 Å². The molecule has 8 heteroatoms. The van der Waals surface area contributed by atoms with Gasteiger partial charge < -0.3 is 16.4 Å². The van der Waals surface area contributed by atoms with Gasteiger partial charge in [-0.1, -0.05) is 30.8 Å². The third kappa shape index (κ3) is 3.58. The lowest BCUT2D eigenvalue weighted by Gasteiger charge is -2.24. The number of primary amides is 1. The third-order valence-electron chi connectivity index (χ3n) is 6.20. The summed E-state index contributed by atoms with van der Waals surface area (Å²) in [7, 11) is 0. The van der Waals surface area contributed by atoms with Crippen molar-refractivity contribution in [2.45, 2.75) is 50.4 Å². The maximum absolute atomic E-state index is 14.0. The molecular formula is C22H26FN5O2. The Morgan fingerprint density at radius 2 is 2.03 bits per heavy atom. The van der Waals surface area contributed by atoms with Crippen molar-refractivity contribution >= 4 is 17.6 Å². The number of aryl methyl sites for hydroxylation is 1. The Balaban J connectivity index is 1.64. The topological polar surface area (TPSA) is 107 Å². The van der Waals surface area contributed by atoms with E-state index >= 15 is 0 Å². The van der Waals surface area contributed by atoms with Gasteiger partial charge in [0.2, 0.25) is 5.91 Å². The number of nitrogens with zero attached hydrogens (tertiary/aromatic N) is 3. The molecule has 2 aromatic rings. The van der Waals surface area contributed by atoms with Crippen LogP contribution in [0.5, 0.6) is 0 Å². The second kappa shape index (κ2) is 7.93. The molecule has 1 aromatic heterocycles. The molecule has 158 valence electrons. The Hall–Kier alpha value is -3.16. The maximum atomic E-state index is 14.0. The van der Waals surface area contributed by atoms with Crippen molar-refractivity contribution in [2.24, 2.45) is 5.73 Å². The van der Waals surface area contributed by atoms with Crippen LogP contribution in [0.4, 0.5) is 10.2 Å². The van der Waals surface area contributed by atoms with Gasteiger partial charge >= 0.3 is 0 Å². The number of nitrogen functional groups attached to an aromatic ring is 1. The molecule has 0 spiro atoms. The normalized spacial score (nSPS) is 23.2. The van der Waals surface area contributed by atoms with Gasteiger partial charge in [0.15, 0.2) is 0 Å². The number of carbonyl (C=O) groups is 2. The highest BCUT2D eigenvalue weighted by Gasteiger charge is 2.36. The minimum atomic E-state index is -1.11. The zero-order valence-electron chi connectivity index (χ0n) is 16.8. The van der Waals surface area contributed by atoms with Crippen molar-refractivity contribution in [1.29, 1.82) is 0 Å². The van der Waals surface area contributed by atoms with E-state index in [9.17, 15) is 14.0 Å². The summed E-state index contributed by atoms with van der Waals surface area (Å²) in [5, 5.41) is 4.64. The van der Waals surface area contributed by atoms with Gasteiger partial charge in [-0.05, 0) is 36.5 Å². The molecule has 2 aliphatic rings. The lowest BCUT2D eigenvalue weighted by Crippen LogP contribution is -2.37. The second-order valence-electron chi connectivity index (χ2n) is 8.08. The Labute approximate surface area is 174 Å². The number of anilines is 1. The second-order valence-corrected chi connectivity index (χ2v) is 8.08. The van der Waals surface area contributed by atoms with Gasteiger partial charge in [0.25, 0.3) is 5.91 Å². The highest BCUT2D eigenvalue weighted by Crippen LogP contribution is 2.35. The van der Waals surface area contributed by atoms with Gasteiger partial charge in [-0.3, -0.25) is 9.59 Å². The minimum Gasteiger partial charge on any atom is -0.383 e. The van der Waals surface area contributed by atoms with Crippen LogP contribution in [0.15, 0.2) is 36.9 Å². The Morgan fingerprint density at radius 1 is 1.30 bits per heavy atom. The maximum Gasteiger partial charge on any atom is 0.254 e. The zero-order valence-corrected chi connectivity index (χ0v) is 16.8. The van der Waals surface area contributed by atoms with Crippen molar-refractivity contribution in [3.8, 4) is 0 Å². The van der Waals surface area contributed by atoms with Crippen molar-refractivity contribution in [2.75, 3.05) is 12.3 Å². The molecule has 1 aliphatic carbocycles. The molecule has 2 amide bonds. The van der Waals surface area contributed by atoms with E-state index in [1.54, 1.807) is 0 Å². The van der Waals surface area contributed by atoms with E-state index < -0.39 is 18.1 Å². The molecule has 30 heavy (non-hydrogen) atoms. The average Bonchev–Trinajstić information content (AvgIpc) is 3.27. The molecular weight excluding hydrogens is 385 g/mol. The lowest BCUT2D eigenvalue weighted by atomic mass is 9.81. The molecule has 1 fully saturated rings. The summed E-state index contributed by atoms with van der Waals surface area (Å²) >= 11 is 0. The molecule has 1 aromatic carbocycles. The van der Waals surface area contributed by atoms with Gasteiger partial charge in [0.1, 0.15) is 17.6 Å². The van der Waals surface area contributed by atoms with Crippen LogP contribution in [-0.2, 0) is 24.2 Å². The SMILES string of the molecule is C=CC(=O)N1C[C@H](F)C[C@H]1Cn1nc([C@@H]2CCc3ccccc3C2)c(C(N)=O)c1N. The van der Waals surface area contributed by atoms with E-state index in [1.165, 1.54) is 26.8 Å². The number of aromatic nitrogens is 2. The van der Waals surface area contributed by atoms with Crippen molar-refractivity contribution in [1.82, 2.24) is 14.7 Å². The average molecular weight is 411 g/mol. The summed E-state index contributed by atoms with van der Waals surface area (Å²) in [6, 6.07) is 7.82. The number of fused-ring (bicyclic) bond motifs is 1. The summed E-state index contributed by atoms with van der Waals surface area (Å²) in [4.78, 5) is 25.7. The summed E-state index contributed by atoms with van der Waals surface area (Å²) < 4.78 is 15.5. The van der Waals surface area contributed by atoms with E-state index in [2.05, 4.69) is 23.8 Å². The smallest absolute Gasteiger partial charge is 0.254 e. The van der Waals surface area contributed by atoms with Crippen molar-refractivity contribution in [3.05, 3.63) is 59.3 Å². The van der Waals surface area contributed by atoms with Gasteiger partial charge in [-0.2, -0.15) is 5.10 Å². The first-order valence-electron chi connectivity index (χ1n) is 10.2. The first-order chi connectivity index (χ1) is 14.4. The van der Waals surface area contributed by atoms with E-state index in [1.807, 2.05) is 12.1 Å². The van der Waals surface area contributed by atoms with E-state index in [0.29, 0.717) is 5.69 Å². The lowest BCUT2D eigenvalue weighted by molar-refractivity contribution is -0.127. The predicted octanol–water partition coefficient (Wildman–Crippen LogP) is 1.96. The number of hydrogen-bond acceptors (Lipinski definition) is 4. The molecule has 0 unspecified atom stereocenters. The fourth-order valence-corrected chi connectivity index (χ4v) is 4.72. The minimum absolute atomic E-state index is 0.0195. The molecule has 2 heterocycles. The Morgan fingerprint density at radius 3 is 2.73 bits per heavy atom. The number of hydrogen-bond donors (Lipinski definition) is 2. The summed E-state index contributed by atoms with van der Waals surface area (Å²) in [5.41, 5.74) is 15.3. The molecule has 1 aliphatic heterocycles. The number of amides is 2. The van der Waals surface area contributed by atoms with Crippen LogP contribution >= 0.6 is 0 Å². The summed E-state index contributed by atoms with van der Waals surface area (Å²) in [6.45, 7) is 3.71. The Kier molecular flexibility index (Phi) is 5.32. The van der Waals surface area contributed by atoms with Gasteiger partial charge in [-0.15, -0.1) is 0 Å². The number of halogens is 1. The quantitative estimate of drug-likeness (QED) is 0.734. The van der Waals surface area contributed by atoms with Crippen LogP contribution in [0.1, 0.15) is 45.9 Å². The van der Waals surface area contributed by atoms with E-state index in [0.717, 1.165) is 19.3 Å². The highest BCUT2D eigenvalue weighted by atomic mass is 19.1. The molecule has 4 rings (SSSR count). The fraction of sp³-hybridized carbons (Fsp3) is 0.409. The summed E-state index contributed by atoms with van der Waals surface area (Å²) in [5.74, 6) is -0.759. The van der Waals surface area contributed by atoms with Crippen LogP contribution in [-0.4, -0.2) is 45.3 Å². The molecule has 0 saturated carbocycles. The predicted molar refractivity (Wildman–Crippen MR) is 112 cm³/mol. The number of likely N-dealkylation sites (tertiary alicyclic amines) is 1. The number of carbonyl (C=O) groups excluding carboxylic acids is 2. The zero-order chi connectivity index (χ0) is 21.4. The van der Waals surface area contributed by atoms with Gasteiger partial charge in [0, 0.05) is 12.3 Å². The first kappa shape index (κ1) is 20.1. The summed E-state index contributed by atoms with van der Waals surface area (Å²) in [6.07, 6.45) is 2.74. The van der Waals surface area contributed by atoms with Crippen LogP contribution in [0.3, 0.4) is 0 Å². The molecule has 7 nitrogen and oxygen atoms in total. The van der Waals surface area contributed by atoms with Gasteiger partial charge in [-0.25, -0.2) is 9.07 Å². The van der Waals surface area contributed by atoms with Crippen LogP contribution in [0.25, 0.3) is 0 Å². The molecule has 4 N–H and O–H groups in total. The highest BCUT2D eigenvalue weighted by molar-refractivity contribution is 5.98. The number of nitrogens with two attached hydrogens (primary N) is 2. The Bertz CT molecular complexity index is 1000. The first-order valence-corrected chi connectivity index (χ1v) is 10.2. The largest absolute Gasteiger partial charge is 0.383 e. The van der Waals surface area contributed by atoms with Crippen LogP contribution < -0.4 is 11.5 Å². The number of rotatable bonds is 5. The third-order valence-corrected chi connectivity index (χ3v) is 6.20. The fourth-order valence-electron chi connectivity index (χ4n) is 4.72. The number of benzene rings is 1. The van der Waals surface area contributed by atoms with Gasteiger partial charge in [0.05, 0.1) is 24.8 Å².